The first kappa shape index (κ1) is 25.0. The van der Waals surface area contributed by atoms with E-state index in [4.69, 9.17) is 0 Å². The van der Waals surface area contributed by atoms with Gasteiger partial charge in [0.25, 0.3) is 0 Å². The molecule has 2 aromatic heterocycles. The van der Waals surface area contributed by atoms with Gasteiger partial charge in [-0.1, -0.05) is 24.3 Å². The molecule has 1 saturated heterocycles. The average Bonchev–Trinajstić information content (AvgIpc) is 3.24. The van der Waals surface area contributed by atoms with Crippen LogP contribution >= 0.6 is 0 Å². The molecule has 3 heterocycles. The standard InChI is InChI=1S/C26H33F3N6O/c27-26(28,29)9-10-31-25-32-15-22-23(17-35(24(22)33-25)20-5-7-21(36)8-6-20)19-3-1-18(2-4-19)16-34-13-11-30-12-14-34/h1-4,15,17,20-21,30,36H,5-14,16H2,(H,31,32,33). The van der Waals surface area contributed by atoms with Gasteiger partial charge in [-0.05, 0) is 36.8 Å². The molecule has 1 saturated carbocycles. The summed E-state index contributed by atoms with van der Waals surface area (Å²) in [4.78, 5) is 11.4. The van der Waals surface area contributed by atoms with Crippen molar-refractivity contribution in [3.8, 4) is 11.1 Å². The first-order chi connectivity index (χ1) is 17.4. The van der Waals surface area contributed by atoms with Crippen LogP contribution in [0.25, 0.3) is 22.2 Å². The highest BCUT2D eigenvalue weighted by molar-refractivity contribution is 5.94. The monoisotopic (exact) mass is 502 g/mol. The molecule has 36 heavy (non-hydrogen) atoms. The van der Waals surface area contributed by atoms with Gasteiger partial charge >= 0.3 is 6.18 Å². The summed E-state index contributed by atoms with van der Waals surface area (Å²) in [6.07, 6.45) is 1.45. The lowest BCUT2D eigenvalue weighted by atomic mass is 9.93. The van der Waals surface area contributed by atoms with E-state index < -0.39 is 12.6 Å². The molecule has 0 radical (unpaired) electrons. The molecule has 2 fully saturated rings. The van der Waals surface area contributed by atoms with E-state index >= 15 is 0 Å². The number of piperazine rings is 1. The molecule has 7 nitrogen and oxygen atoms in total. The molecule has 0 amide bonds. The van der Waals surface area contributed by atoms with Crippen LogP contribution in [0, 0.1) is 0 Å². The van der Waals surface area contributed by atoms with Crippen molar-refractivity contribution in [3.05, 3.63) is 42.2 Å². The van der Waals surface area contributed by atoms with Gasteiger partial charge < -0.3 is 20.3 Å². The Morgan fingerprint density at radius 3 is 2.47 bits per heavy atom. The Hall–Kier alpha value is -2.69. The number of aromatic nitrogens is 3. The van der Waals surface area contributed by atoms with Gasteiger partial charge in [-0.15, -0.1) is 0 Å². The molecule has 1 aliphatic carbocycles. The van der Waals surface area contributed by atoms with Crippen molar-refractivity contribution in [3.63, 3.8) is 0 Å². The normalized spacial score (nSPS) is 21.7. The maximum atomic E-state index is 12.6. The lowest BCUT2D eigenvalue weighted by Gasteiger charge is -2.27. The highest BCUT2D eigenvalue weighted by Gasteiger charge is 2.27. The van der Waals surface area contributed by atoms with Crippen LogP contribution in [-0.4, -0.2) is 69.5 Å². The number of benzene rings is 1. The lowest BCUT2D eigenvalue weighted by Crippen LogP contribution is -2.42. The summed E-state index contributed by atoms with van der Waals surface area (Å²) in [6, 6.07) is 8.74. The van der Waals surface area contributed by atoms with Gasteiger partial charge in [0.15, 0.2) is 0 Å². The predicted octanol–water partition coefficient (Wildman–Crippen LogP) is 4.34. The molecule has 194 valence electrons. The molecule has 0 spiro atoms. The van der Waals surface area contributed by atoms with Gasteiger partial charge in [0.2, 0.25) is 5.95 Å². The Morgan fingerprint density at radius 2 is 1.78 bits per heavy atom. The topological polar surface area (TPSA) is 78.2 Å². The summed E-state index contributed by atoms with van der Waals surface area (Å²) in [5, 5.41) is 16.9. The Kier molecular flexibility index (Phi) is 7.45. The molecule has 1 aliphatic heterocycles. The fraction of sp³-hybridized carbons (Fsp3) is 0.538. The van der Waals surface area contributed by atoms with Crippen LogP contribution in [0.3, 0.4) is 0 Å². The lowest BCUT2D eigenvalue weighted by molar-refractivity contribution is -0.131. The molecule has 10 heteroatoms. The van der Waals surface area contributed by atoms with Crippen molar-refractivity contribution in [2.45, 2.75) is 57.0 Å². The van der Waals surface area contributed by atoms with E-state index in [0.717, 1.165) is 74.9 Å². The van der Waals surface area contributed by atoms with E-state index in [0.29, 0.717) is 5.65 Å². The van der Waals surface area contributed by atoms with Crippen molar-refractivity contribution < 1.29 is 18.3 Å². The zero-order chi connectivity index (χ0) is 25.1. The smallest absolute Gasteiger partial charge is 0.390 e. The maximum Gasteiger partial charge on any atom is 0.390 e. The van der Waals surface area contributed by atoms with Crippen LogP contribution in [0.15, 0.2) is 36.7 Å². The average molecular weight is 503 g/mol. The third kappa shape index (κ3) is 5.99. The molecule has 3 aromatic rings. The number of aliphatic hydroxyl groups excluding tert-OH is 1. The highest BCUT2D eigenvalue weighted by Crippen LogP contribution is 2.37. The molecular formula is C26H33F3N6O. The van der Waals surface area contributed by atoms with E-state index in [-0.39, 0.29) is 24.6 Å². The van der Waals surface area contributed by atoms with Gasteiger partial charge in [-0.25, -0.2) is 4.98 Å². The fourth-order valence-corrected chi connectivity index (χ4v) is 5.19. The summed E-state index contributed by atoms with van der Waals surface area (Å²) in [7, 11) is 0. The molecule has 0 bridgehead atoms. The number of alkyl halides is 3. The number of fused-ring (bicyclic) bond motifs is 1. The van der Waals surface area contributed by atoms with Gasteiger partial charge in [0.1, 0.15) is 5.65 Å². The number of halogens is 3. The summed E-state index contributed by atoms with van der Waals surface area (Å²) >= 11 is 0. The van der Waals surface area contributed by atoms with Gasteiger partial charge in [-0.2, -0.15) is 18.2 Å². The highest BCUT2D eigenvalue weighted by atomic mass is 19.4. The van der Waals surface area contributed by atoms with Gasteiger partial charge in [-0.3, -0.25) is 4.90 Å². The van der Waals surface area contributed by atoms with E-state index in [1.54, 1.807) is 6.20 Å². The van der Waals surface area contributed by atoms with Gasteiger partial charge in [0.05, 0.1) is 12.5 Å². The second-order valence-corrected chi connectivity index (χ2v) is 9.86. The number of hydrogen-bond acceptors (Lipinski definition) is 6. The van der Waals surface area contributed by atoms with Crippen LogP contribution in [0.4, 0.5) is 19.1 Å². The molecule has 3 N–H and O–H groups in total. The van der Waals surface area contributed by atoms with Crippen LogP contribution in [-0.2, 0) is 6.54 Å². The minimum atomic E-state index is -4.23. The Bertz CT molecular complexity index is 1150. The van der Waals surface area contributed by atoms with E-state index in [1.807, 2.05) is 0 Å². The first-order valence-corrected chi connectivity index (χ1v) is 12.7. The maximum absolute atomic E-state index is 12.6. The van der Waals surface area contributed by atoms with Crippen molar-refractivity contribution in [1.82, 2.24) is 24.8 Å². The number of rotatable bonds is 7. The molecule has 5 rings (SSSR count). The van der Waals surface area contributed by atoms with Crippen molar-refractivity contribution in [2.75, 3.05) is 38.0 Å². The number of aliphatic hydroxyl groups is 1. The molecule has 1 aromatic carbocycles. The van der Waals surface area contributed by atoms with Crippen LogP contribution in [0.2, 0.25) is 0 Å². The summed E-state index contributed by atoms with van der Waals surface area (Å²) in [6.45, 7) is 4.77. The SMILES string of the molecule is OC1CCC(n2cc(-c3ccc(CN4CCNCC4)cc3)c3cnc(NCCC(F)(F)F)nc32)CC1. The van der Waals surface area contributed by atoms with Crippen LogP contribution < -0.4 is 10.6 Å². The molecular weight excluding hydrogens is 469 g/mol. The molecule has 0 atom stereocenters. The van der Waals surface area contributed by atoms with Crippen molar-refractivity contribution in [2.24, 2.45) is 0 Å². The Balaban J connectivity index is 1.42. The Labute approximate surface area is 208 Å². The Morgan fingerprint density at radius 1 is 1.06 bits per heavy atom. The first-order valence-electron chi connectivity index (χ1n) is 12.7. The van der Waals surface area contributed by atoms with E-state index in [2.05, 4.69) is 60.5 Å². The predicted molar refractivity (Wildman–Crippen MR) is 134 cm³/mol. The quantitative estimate of drug-likeness (QED) is 0.446. The molecule has 0 unspecified atom stereocenters. The minimum absolute atomic E-state index is 0.176. The third-order valence-electron chi connectivity index (χ3n) is 7.20. The number of anilines is 1. The second-order valence-electron chi connectivity index (χ2n) is 9.86. The summed E-state index contributed by atoms with van der Waals surface area (Å²) in [5.41, 5.74) is 4.03. The zero-order valence-electron chi connectivity index (χ0n) is 20.3. The van der Waals surface area contributed by atoms with Crippen LogP contribution in [0.5, 0.6) is 0 Å². The van der Waals surface area contributed by atoms with E-state index in [9.17, 15) is 18.3 Å². The summed E-state index contributed by atoms with van der Waals surface area (Å²) < 4.78 is 39.9. The second kappa shape index (κ2) is 10.7. The van der Waals surface area contributed by atoms with Crippen LogP contribution in [0.1, 0.15) is 43.7 Å². The minimum Gasteiger partial charge on any atom is -0.393 e. The third-order valence-corrected chi connectivity index (χ3v) is 7.20. The van der Waals surface area contributed by atoms with Crippen molar-refractivity contribution >= 4 is 17.0 Å². The largest absolute Gasteiger partial charge is 0.393 e. The number of nitrogens with one attached hydrogen (secondary N) is 2. The summed E-state index contributed by atoms with van der Waals surface area (Å²) in [5.74, 6) is 0.194. The fourth-order valence-electron chi connectivity index (χ4n) is 5.19. The number of hydrogen-bond donors (Lipinski definition) is 3. The number of nitrogens with zero attached hydrogens (tertiary/aromatic N) is 4. The van der Waals surface area contributed by atoms with E-state index in [1.165, 1.54) is 5.56 Å². The zero-order valence-corrected chi connectivity index (χ0v) is 20.3. The van der Waals surface area contributed by atoms with Crippen molar-refractivity contribution in [1.29, 1.82) is 0 Å². The molecule has 2 aliphatic rings. The van der Waals surface area contributed by atoms with Gasteiger partial charge in [0, 0.05) is 68.7 Å².